The van der Waals surface area contributed by atoms with E-state index in [1.54, 1.807) is 13.0 Å². The summed E-state index contributed by atoms with van der Waals surface area (Å²) in [6.07, 6.45) is 3.76. The van der Waals surface area contributed by atoms with Gasteiger partial charge in [-0.2, -0.15) is 0 Å². The Morgan fingerprint density at radius 3 is 2.59 bits per heavy atom. The van der Waals surface area contributed by atoms with Gasteiger partial charge in [0.2, 0.25) is 5.91 Å². The van der Waals surface area contributed by atoms with E-state index in [1.165, 1.54) is 34.9 Å². The van der Waals surface area contributed by atoms with Crippen molar-refractivity contribution in [2.24, 2.45) is 0 Å². The highest BCUT2D eigenvalue weighted by Gasteiger charge is 2.12. The Balaban J connectivity index is 1.94. The van der Waals surface area contributed by atoms with Crippen molar-refractivity contribution in [3.8, 4) is 5.75 Å². The lowest BCUT2D eigenvalue weighted by atomic mass is 10.2. The monoisotopic (exact) mass is 484 g/mol. The molecule has 9 heteroatoms. The number of thiazole rings is 1. The van der Waals surface area contributed by atoms with Gasteiger partial charge in [-0.1, -0.05) is 25.1 Å². The van der Waals surface area contributed by atoms with E-state index < -0.39 is 23.3 Å². The molecule has 2 aromatic carbocycles. The van der Waals surface area contributed by atoms with Gasteiger partial charge in [0.15, 0.2) is 0 Å². The third-order valence-electron chi connectivity index (χ3n) is 4.53. The standard InChI is InChI=1S/C25H25FN2O5S/c1-3-12-33-20-10-8-17(9-11-20)13-21-25(31)28(23(34-21)15-24(30)32-4-2)16-22(29)27-19-7-5-6-18(26)14-19/h5-11,13-15H,3-4,12,16H2,1-2H3,(H,27,29)/b21-13-,23-15-. The second-order valence-electron chi connectivity index (χ2n) is 7.21. The summed E-state index contributed by atoms with van der Waals surface area (Å²) in [6.45, 7) is 4.13. The van der Waals surface area contributed by atoms with Crippen LogP contribution in [0.3, 0.4) is 0 Å². The number of ether oxygens (including phenoxy) is 2. The van der Waals surface area contributed by atoms with E-state index in [4.69, 9.17) is 9.47 Å². The lowest BCUT2D eigenvalue weighted by Crippen LogP contribution is -2.36. The van der Waals surface area contributed by atoms with Crippen molar-refractivity contribution in [2.75, 3.05) is 18.5 Å². The Hall–Kier alpha value is -3.72. The SMILES string of the molecule is CCCOc1ccc(/C=c2\s/c(=C\C(=O)OCC)n(CC(=O)Nc3cccc(F)c3)c2=O)cc1. The van der Waals surface area contributed by atoms with Crippen molar-refractivity contribution in [1.82, 2.24) is 4.57 Å². The predicted octanol–water partition coefficient (Wildman–Crippen LogP) is 2.65. The Morgan fingerprint density at radius 2 is 1.91 bits per heavy atom. The number of carbonyl (C=O) groups excluding carboxylic acids is 2. The molecule has 0 fully saturated rings. The predicted molar refractivity (Wildman–Crippen MR) is 130 cm³/mol. The van der Waals surface area contributed by atoms with Crippen molar-refractivity contribution >= 4 is 41.1 Å². The molecule has 178 valence electrons. The maximum atomic E-state index is 13.4. The van der Waals surface area contributed by atoms with Gasteiger partial charge in [-0.25, -0.2) is 9.18 Å². The maximum absolute atomic E-state index is 13.4. The normalized spacial score (nSPS) is 12.0. The molecule has 0 aliphatic heterocycles. The third kappa shape index (κ3) is 6.89. The van der Waals surface area contributed by atoms with Crippen LogP contribution in [0.5, 0.6) is 5.75 Å². The number of hydrogen-bond acceptors (Lipinski definition) is 6. The summed E-state index contributed by atoms with van der Waals surface area (Å²) >= 11 is 1.07. The van der Waals surface area contributed by atoms with E-state index in [0.29, 0.717) is 11.1 Å². The van der Waals surface area contributed by atoms with Crippen LogP contribution in [0.1, 0.15) is 25.8 Å². The smallest absolute Gasteiger partial charge is 0.333 e. The molecule has 0 radical (unpaired) electrons. The Morgan fingerprint density at radius 1 is 1.15 bits per heavy atom. The van der Waals surface area contributed by atoms with Gasteiger partial charge in [0, 0.05) is 5.69 Å². The fourth-order valence-electron chi connectivity index (χ4n) is 3.02. The molecule has 1 heterocycles. The van der Waals surface area contributed by atoms with E-state index in [1.807, 2.05) is 31.2 Å². The summed E-state index contributed by atoms with van der Waals surface area (Å²) in [6, 6.07) is 12.7. The minimum absolute atomic E-state index is 0.177. The van der Waals surface area contributed by atoms with Crippen molar-refractivity contribution in [3.05, 3.63) is 79.5 Å². The van der Waals surface area contributed by atoms with Crippen LogP contribution in [0.4, 0.5) is 10.1 Å². The summed E-state index contributed by atoms with van der Waals surface area (Å²) in [7, 11) is 0. The number of amides is 1. The van der Waals surface area contributed by atoms with Crippen LogP contribution in [0.25, 0.3) is 12.2 Å². The van der Waals surface area contributed by atoms with E-state index in [-0.39, 0.29) is 23.5 Å². The van der Waals surface area contributed by atoms with Gasteiger partial charge in [0.1, 0.15) is 22.8 Å². The molecule has 0 aliphatic rings. The first-order chi connectivity index (χ1) is 16.4. The zero-order chi connectivity index (χ0) is 24.5. The highest BCUT2D eigenvalue weighted by atomic mass is 32.1. The first-order valence-electron chi connectivity index (χ1n) is 10.8. The molecular formula is C25H25FN2O5S. The summed E-state index contributed by atoms with van der Waals surface area (Å²) < 4.78 is 25.8. The fourth-order valence-corrected chi connectivity index (χ4v) is 4.05. The van der Waals surface area contributed by atoms with Gasteiger partial charge in [0.05, 0.1) is 23.8 Å². The molecule has 34 heavy (non-hydrogen) atoms. The molecule has 0 spiro atoms. The lowest BCUT2D eigenvalue weighted by Gasteiger charge is -2.06. The number of anilines is 1. The summed E-state index contributed by atoms with van der Waals surface area (Å²) in [4.78, 5) is 37.7. The summed E-state index contributed by atoms with van der Waals surface area (Å²) in [5.41, 5.74) is 0.601. The number of carbonyl (C=O) groups is 2. The molecule has 1 amide bonds. The van der Waals surface area contributed by atoms with Crippen molar-refractivity contribution in [1.29, 1.82) is 0 Å². The van der Waals surface area contributed by atoms with Gasteiger partial charge < -0.3 is 14.8 Å². The number of rotatable bonds is 9. The molecule has 1 N–H and O–H groups in total. The number of nitrogens with zero attached hydrogens (tertiary/aromatic N) is 1. The highest BCUT2D eigenvalue weighted by Crippen LogP contribution is 2.13. The fraction of sp³-hybridized carbons (Fsp3) is 0.240. The number of esters is 1. The highest BCUT2D eigenvalue weighted by molar-refractivity contribution is 7.07. The number of nitrogens with one attached hydrogen (secondary N) is 1. The average molecular weight is 485 g/mol. The number of benzene rings is 2. The van der Waals surface area contributed by atoms with Gasteiger partial charge in [-0.3, -0.25) is 14.2 Å². The maximum Gasteiger partial charge on any atom is 0.333 e. The molecule has 0 atom stereocenters. The molecular weight excluding hydrogens is 459 g/mol. The van der Waals surface area contributed by atoms with Crippen LogP contribution >= 0.6 is 11.3 Å². The van der Waals surface area contributed by atoms with E-state index in [0.717, 1.165) is 29.1 Å². The van der Waals surface area contributed by atoms with Gasteiger partial charge in [-0.15, -0.1) is 11.3 Å². The second-order valence-corrected chi connectivity index (χ2v) is 8.27. The van der Waals surface area contributed by atoms with Crippen LogP contribution in [-0.2, 0) is 20.9 Å². The molecule has 3 aromatic rings. The molecule has 0 aliphatic carbocycles. The van der Waals surface area contributed by atoms with E-state index >= 15 is 0 Å². The van der Waals surface area contributed by atoms with Gasteiger partial charge >= 0.3 is 5.97 Å². The molecule has 1 aromatic heterocycles. The Labute approximate surface area is 199 Å². The van der Waals surface area contributed by atoms with Crippen LogP contribution < -0.4 is 24.8 Å². The largest absolute Gasteiger partial charge is 0.494 e. The summed E-state index contributed by atoms with van der Waals surface area (Å²) in [5.74, 6) is -0.919. The molecule has 7 nitrogen and oxygen atoms in total. The zero-order valence-electron chi connectivity index (χ0n) is 18.9. The summed E-state index contributed by atoms with van der Waals surface area (Å²) in [5, 5.41) is 2.56. The van der Waals surface area contributed by atoms with E-state index in [2.05, 4.69) is 5.32 Å². The zero-order valence-corrected chi connectivity index (χ0v) is 19.7. The van der Waals surface area contributed by atoms with Crippen LogP contribution in [0, 0.1) is 5.82 Å². The average Bonchev–Trinajstić information content (AvgIpc) is 3.07. The van der Waals surface area contributed by atoms with Crippen LogP contribution in [0.15, 0.2) is 53.3 Å². The van der Waals surface area contributed by atoms with E-state index in [9.17, 15) is 18.8 Å². The first kappa shape index (κ1) is 24.9. The number of hydrogen-bond donors (Lipinski definition) is 1. The third-order valence-corrected chi connectivity index (χ3v) is 5.58. The first-order valence-corrected chi connectivity index (χ1v) is 11.6. The lowest BCUT2D eigenvalue weighted by molar-refractivity contribution is -0.135. The van der Waals surface area contributed by atoms with Crippen molar-refractivity contribution in [3.63, 3.8) is 0 Å². The number of halogens is 1. The Bertz CT molecular complexity index is 1330. The molecule has 0 saturated carbocycles. The number of aromatic nitrogens is 1. The van der Waals surface area contributed by atoms with Gasteiger partial charge in [-0.05, 0) is 55.3 Å². The topological polar surface area (TPSA) is 86.6 Å². The molecule has 0 bridgehead atoms. The molecule has 3 rings (SSSR count). The van der Waals surface area contributed by atoms with Crippen LogP contribution in [-0.4, -0.2) is 29.7 Å². The van der Waals surface area contributed by atoms with Gasteiger partial charge in [0.25, 0.3) is 5.56 Å². The second kappa shape index (κ2) is 11.9. The molecule has 0 saturated heterocycles. The Kier molecular flexibility index (Phi) is 8.75. The quantitative estimate of drug-likeness (QED) is 0.472. The van der Waals surface area contributed by atoms with Crippen molar-refractivity contribution < 1.29 is 23.5 Å². The van der Waals surface area contributed by atoms with Crippen LogP contribution in [0.2, 0.25) is 0 Å². The minimum Gasteiger partial charge on any atom is -0.494 e. The minimum atomic E-state index is -0.619. The van der Waals surface area contributed by atoms with Crippen molar-refractivity contribution in [2.45, 2.75) is 26.8 Å². The molecule has 0 unspecified atom stereocenters.